The van der Waals surface area contributed by atoms with Gasteiger partial charge in [0.15, 0.2) is 0 Å². The summed E-state index contributed by atoms with van der Waals surface area (Å²) in [5, 5.41) is 3.36. The zero-order valence-electron chi connectivity index (χ0n) is 9.98. The number of benzene rings is 2. The van der Waals surface area contributed by atoms with E-state index in [4.69, 9.17) is 5.73 Å². The molecule has 0 heterocycles. The van der Waals surface area contributed by atoms with Gasteiger partial charge in [0.1, 0.15) is 0 Å². The smallest absolute Gasteiger partial charge is 0.0812 e. The van der Waals surface area contributed by atoms with Gasteiger partial charge < -0.3 is 11.1 Å². The highest BCUT2D eigenvalue weighted by Gasteiger charge is 2.30. The topological polar surface area (TPSA) is 38.0 Å². The maximum Gasteiger partial charge on any atom is 0.0812 e. The summed E-state index contributed by atoms with van der Waals surface area (Å²) in [7, 11) is 1.94. The molecular formula is C15H17N2. The van der Waals surface area contributed by atoms with Crippen molar-refractivity contribution >= 4 is 0 Å². The van der Waals surface area contributed by atoms with E-state index < -0.39 is 0 Å². The van der Waals surface area contributed by atoms with Crippen LogP contribution in [-0.4, -0.2) is 13.6 Å². The Morgan fingerprint density at radius 2 is 1.65 bits per heavy atom. The fourth-order valence-corrected chi connectivity index (χ4v) is 2.19. The second-order valence-corrected chi connectivity index (χ2v) is 4.01. The van der Waals surface area contributed by atoms with E-state index in [-0.39, 0.29) is 5.54 Å². The normalized spacial score (nSPS) is 11.4. The summed E-state index contributed by atoms with van der Waals surface area (Å²) in [5.41, 5.74) is 8.02. The highest BCUT2D eigenvalue weighted by atomic mass is 15.0. The summed E-state index contributed by atoms with van der Waals surface area (Å²) in [6.07, 6.45) is 0. The summed E-state index contributed by atoms with van der Waals surface area (Å²) < 4.78 is 0. The van der Waals surface area contributed by atoms with Crippen molar-refractivity contribution in [3.8, 4) is 0 Å². The largest absolute Gasteiger partial charge is 0.328 e. The van der Waals surface area contributed by atoms with E-state index in [1.165, 1.54) is 5.56 Å². The van der Waals surface area contributed by atoms with Crippen molar-refractivity contribution in [1.82, 2.24) is 5.32 Å². The number of likely N-dealkylation sites (N-methyl/N-ethyl adjacent to an activating group) is 1. The highest BCUT2D eigenvalue weighted by Crippen LogP contribution is 2.27. The molecule has 0 aromatic heterocycles. The van der Waals surface area contributed by atoms with Crippen molar-refractivity contribution in [3.05, 3.63) is 71.8 Å². The minimum absolute atomic E-state index is 0.323. The van der Waals surface area contributed by atoms with Crippen molar-refractivity contribution in [2.24, 2.45) is 5.73 Å². The van der Waals surface area contributed by atoms with E-state index >= 15 is 0 Å². The van der Waals surface area contributed by atoms with Gasteiger partial charge in [-0.2, -0.15) is 0 Å². The summed E-state index contributed by atoms with van der Waals surface area (Å²) >= 11 is 0. The molecule has 2 aromatic carbocycles. The third-order valence-corrected chi connectivity index (χ3v) is 3.21. The molecule has 2 heteroatoms. The van der Waals surface area contributed by atoms with Crippen LogP contribution in [0.3, 0.4) is 0 Å². The Morgan fingerprint density at radius 1 is 1.06 bits per heavy atom. The zero-order chi connectivity index (χ0) is 12.1. The van der Waals surface area contributed by atoms with E-state index in [0.29, 0.717) is 6.54 Å². The van der Waals surface area contributed by atoms with Gasteiger partial charge in [-0.05, 0) is 24.2 Å². The monoisotopic (exact) mass is 225 g/mol. The van der Waals surface area contributed by atoms with Crippen LogP contribution in [0, 0.1) is 6.07 Å². The lowest BCUT2D eigenvalue weighted by molar-refractivity contribution is 0.449. The van der Waals surface area contributed by atoms with Gasteiger partial charge in [-0.1, -0.05) is 54.6 Å². The molecule has 0 amide bonds. The van der Waals surface area contributed by atoms with E-state index in [0.717, 1.165) is 5.56 Å². The lowest BCUT2D eigenvalue weighted by atomic mass is 9.83. The summed E-state index contributed by atoms with van der Waals surface area (Å²) in [4.78, 5) is 0. The lowest BCUT2D eigenvalue weighted by Crippen LogP contribution is -2.47. The molecule has 0 spiro atoms. The van der Waals surface area contributed by atoms with Crippen LogP contribution in [0.1, 0.15) is 11.1 Å². The minimum atomic E-state index is -0.323. The van der Waals surface area contributed by atoms with Crippen LogP contribution in [-0.2, 0) is 5.54 Å². The molecule has 1 unspecified atom stereocenters. The molecule has 17 heavy (non-hydrogen) atoms. The maximum atomic E-state index is 6.01. The van der Waals surface area contributed by atoms with Gasteiger partial charge in [-0.25, -0.2) is 0 Å². The Labute approximate surface area is 102 Å². The Balaban J connectivity index is 2.54. The van der Waals surface area contributed by atoms with Crippen molar-refractivity contribution in [2.45, 2.75) is 5.54 Å². The second kappa shape index (κ2) is 5.13. The van der Waals surface area contributed by atoms with Gasteiger partial charge in [-0.15, -0.1) is 0 Å². The first-order valence-corrected chi connectivity index (χ1v) is 5.74. The second-order valence-electron chi connectivity index (χ2n) is 4.01. The molecule has 0 fully saturated rings. The number of nitrogens with two attached hydrogens (primary N) is 1. The molecule has 2 aromatic rings. The summed E-state index contributed by atoms with van der Waals surface area (Å²) in [6.45, 7) is 0.511. The molecule has 1 radical (unpaired) electrons. The minimum Gasteiger partial charge on any atom is -0.328 e. The molecule has 0 aliphatic carbocycles. The Kier molecular flexibility index (Phi) is 3.57. The third kappa shape index (κ3) is 2.09. The Hall–Kier alpha value is -1.64. The van der Waals surface area contributed by atoms with Crippen LogP contribution in [0.15, 0.2) is 54.6 Å². The first-order valence-electron chi connectivity index (χ1n) is 5.74. The molecule has 0 saturated heterocycles. The SMILES string of the molecule is CNC(CN)(c1cc[c]cc1)c1ccccc1. The summed E-state index contributed by atoms with van der Waals surface area (Å²) in [6, 6.07) is 21.2. The molecule has 0 aliphatic heterocycles. The van der Waals surface area contributed by atoms with Gasteiger partial charge in [0.25, 0.3) is 0 Å². The lowest BCUT2D eigenvalue weighted by Gasteiger charge is -2.33. The van der Waals surface area contributed by atoms with E-state index in [2.05, 4.69) is 35.6 Å². The molecular weight excluding hydrogens is 208 g/mol. The average molecular weight is 225 g/mol. The average Bonchev–Trinajstić information content (AvgIpc) is 2.43. The van der Waals surface area contributed by atoms with Crippen LogP contribution < -0.4 is 11.1 Å². The van der Waals surface area contributed by atoms with E-state index in [9.17, 15) is 0 Å². The van der Waals surface area contributed by atoms with Gasteiger partial charge in [0.2, 0.25) is 0 Å². The molecule has 0 aliphatic rings. The predicted molar refractivity (Wildman–Crippen MR) is 70.6 cm³/mol. The van der Waals surface area contributed by atoms with Gasteiger partial charge >= 0.3 is 0 Å². The first kappa shape index (κ1) is 11.8. The van der Waals surface area contributed by atoms with Crippen LogP contribution in [0.5, 0.6) is 0 Å². The number of rotatable bonds is 4. The molecule has 0 saturated carbocycles. The first-order chi connectivity index (χ1) is 8.33. The number of hydrogen-bond acceptors (Lipinski definition) is 2. The fraction of sp³-hybridized carbons (Fsp3) is 0.200. The molecule has 0 bridgehead atoms. The van der Waals surface area contributed by atoms with Gasteiger partial charge in [0.05, 0.1) is 5.54 Å². The van der Waals surface area contributed by atoms with Crippen molar-refractivity contribution in [3.63, 3.8) is 0 Å². The Bertz CT molecular complexity index is 405. The molecule has 1 atom stereocenters. The third-order valence-electron chi connectivity index (χ3n) is 3.21. The van der Waals surface area contributed by atoms with Crippen molar-refractivity contribution in [2.75, 3.05) is 13.6 Å². The quantitative estimate of drug-likeness (QED) is 0.834. The fourth-order valence-electron chi connectivity index (χ4n) is 2.19. The van der Waals surface area contributed by atoms with Gasteiger partial charge in [0, 0.05) is 6.54 Å². The van der Waals surface area contributed by atoms with Crippen LogP contribution in [0.2, 0.25) is 0 Å². The molecule has 2 nitrogen and oxygen atoms in total. The van der Waals surface area contributed by atoms with Crippen LogP contribution in [0.25, 0.3) is 0 Å². The maximum absolute atomic E-state index is 6.01. The number of hydrogen-bond donors (Lipinski definition) is 2. The van der Waals surface area contributed by atoms with Gasteiger partial charge in [-0.3, -0.25) is 0 Å². The Morgan fingerprint density at radius 3 is 2.18 bits per heavy atom. The van der Waals surface area contributed by atoms with E-state index in [1.54, 1.807) is 0 Å². The van der Waals surface area contributed by atoms with Crippen molar-refractivity contribution < 1.29 is 0 Å². The predicted octanol–water partition coefficient (Wildman–Crippen LogP) is 1.91. The highest BCUT2D eigenvalue weighted by molar-refractivity contribution is 5.38. The molecule has 2 rings (SSSR count). The summed E-state index contributed by atoms with van der Waals surface area (Å²) in [5.74, 6) is 0. The van der Waals surface area contributed by atoms with E-state index in [1.807, 2.05) is 37.4 Å². The van der Waals surface area contributed by atoms with Crippen molar-refractivity contribution in [1.29, 1.82) is 0 Å². The van der Waals surface area contributed by atoms with Crippen LogP contribution >= 0.6 is 0 Å². The van der Waals surface area contributed by atoms with Crippen LogP contribution in [0.4, 0.5) is 0 Å². The zero-order valence-corrected chi connectivity index (χ0v) is 9.98. The molecule has 87 valence electrons. The number of nitrogens with one attached hydrogen (secondary N) is 1. The molecule has 3 N–H and O–H groups in total. The standard InChI is InChI=1S/C15H17N2/c1-17-15(12-16,13-8-4-2-5-9-13)14-10-6-3-7-11-14/h2,4-11,17H,12,16H2,1H3.